The van der Waals surface area contributed by atoms with E-state index in [4.69, 9.17) is 21.1 Å². The van der Waals surface area contributed by atoms with Crippen LogP contribution in [0.3, 0.4) is 0 Å². The number of anilines is 2. The molecule has 0 aromatic heterocycles. The molecule has 2 N–H and O–H groups in total. The Balaban J connectivity index is 1.68. The normalized spacial score (nSPS) is 16.0. The van der Waals surface area contributed by atoms with E-state index in [0.29, 0.717) is 46.4 Å². The fourth-order valence-electron chi connectivity index (χ4n) is 3.14. The third kappa shape index (κ3) is 4.37. The van der Waals surface area contributed by atoms with Gasteiger partial charge in [0.2, 0.25) is 5.91 Å². The zero-order chi connectivity index (χ0) is 21.1. The van der Waals surface area contributed by atoms with Crippen LogP contribution in [0, 0.1) is 12.7 Å². The van der Waals surface area contributed by atoms with Crippen LogP contribution in [-0.2, 0) is 4.79 Å². The second-order valence-electron chi connectivity index (χ2n) is 6.55. The molecule has 1 fully saturated rings. The van der Waals surface area contributed by atoms with Crippen LogP contribution in [0.15, 0.2) is 30.3 Å². The molecule has 2 aromatic rings. The average Bonchev–Trinajstić information content (AvgIpc) is 3.04. The van der Waals surface area contributed by atoms with Gasteiger partial charge in [-0.05, 0) is 43.2 Å². The van der Waals surface area contributed by atoms with Gasteiger partial charge < -0.3 is 25.0 Å². The van der Waals surface area contributed by atoms with Crippen LogP contribution in [0.5, 0.6) is 11.5 Å². The summed E-state index contributed by atoms with van der Waals surface area (Å²) in [7, 11) is 2.93. The highest BCUT2D eigenvalue weighted by atomic mass is 35.5. The molecule has 2 aromatic carbocycles. The van der Waals surface area contributed by atoms with Crippen LogP contribution in [-0.4, -0.2) is 38.7 Å². The van der Waals surface area contributed by atoms with Gasteiger partial charge in [0, 0.05) is 18.3 Å². The fourth-order valence-corrected chi connectivity index (χ4v) is 3.38. The predicted molar refractivity (Wildman–Crippen MR) is 109 cm³/mol. The van der Waals surface area contributed by atoms with E-state index < -0.39 is 12.1 Å². The number of nitrogens with zero attached hydrogens (tertiary/aromatic N) is 1. The molecule has 0 spiro atoms. The summed E-state index contributed by atoms with van der Waals surface area (Å²) in [5.41, 5.74) is 1.39. The van der Waals surface area contributed by atoms with Crippen molar-refractivity contribution in [2.24, 2.45) is 0 Å². The molecular formula is C20H21ClFN3O4. The number of urea groups is 1. The van der Waals surface area contributed by atoms with E-state index in [-0.39, 0.29) is 11.7 Å². The summed E-state index contributed by atoms with van der Waals surface area (Å²) in [5, 5.41) is 5.60. The summed E-state index contributed by atoms with van der Waals surface area (Å²) in [6.07, 6.45) is 0.434. The quantitative estimate of drug-likeness (QED) is 0.770. The van der Waals surface area contributed by atoms with Crippen molar-refractivity contribution in [1.29, 1.82) is 0 Å². The first-order chi connectivity index (χ1) is 13.8. The highest BCUT2D eigenvalue weighted by Crippen LogP contribution is 2.35. The zero-order valence-electron chi connectivity index (χ0n) is 16.2. The minimum Gasteiger partial charge on any atom is -0.495 e. The van der Waals surface area contributed by atoms with Crippen LogP contribution < -0.4 is 25.0 Å². The second kappa shape index (κ2) is 8.57. The van der Waals surface area contributed by atoms with Crippen LogP contribution in [0.25, 0.3) is 0 Å². The molecule has 1 heterocycles. The lowest BCUT2D eigenvalue weighted by Crippen LogP contribution is -2.43. The van der Waals surface area contributed by atoms with Crippen LogP contribution >= 0.6 is 11.6 Å². The third-order valence-corrected chi connectivity index (χ3v) is 4.98. The van der Waals surface area contributed by atoms with E-state index in [1.54, 1.807) is 25.1 Å². The summed E-state index contributed by atoms with van der Waals surface area (Å²) in [5.74, 6) is 0.181. The number of ether oxygens (including phenoxy) is 2. The van der Waals surface area contributed by atoms with Gasteiger partial charge in [-0.1, -0.05) is 11.6 Å². The molecule has 1 atom stereocenters. The molecule has 0 bridgehead atoms. The molecule has 1 saturated heterocycles. The van der Waals surface area contributed by atoms with Crippen molar-refractivity contribution in [2.75, 3.05) is 31.0 Å². The maximum absolute atomic E-state index is 13.5. The fraction of sp³-hybridized carbons (Fsp3) is 0.300. The van der Waals surface area contributed by atoms with Crippen LogP contribution in [0.1, 0.15) is 12.0 Å². The molecular weight excluding hydrogens is 401 g/mol. The molecule has 1 aliphatic rings. The number of carbonyl (C=O) groups excluding carboxylic acids is 2. The summed E-state index contributed by atoms with van der Waals surface area (Å²) in [6.45, 7) is 2.06. The number of hydrogen-bond acceptors (Lipinski definition) is 4. The van der Waals surface area contributed by atoms with Gasteiger partial charge in [-0.3, -0.25) is 4.79 Å². The maximum Gasteiger partial charge on any atom is 0.319 e. The third-order valence-electron chi connectivity index (χ3n) is 4.69. The Morgan fingerprint density at radius 3 is 2.59 bits per heavy atom. The molecule has 29 heavy (non-hydrogen) atoms. The van der Waals surface area contributed by atoms with Gasteiger partial charge in [0.1, 0.15) is 23.4 Å². The molecule has 3 amide bonds. The Kier molecular flexibility index (Phi) is 6.12. The monoisotopic (exact) mass is 421 g/mol. The second-order valence-corrected chi connectivity index (χ2v) is 6.96. The van der Waals surface area contributed by atoms with Crippen molar-refractivity contribution in [3.05, 3.63) is 46.7 Å². The van der Waals surface area contributed by atoms with E-state index in [1.807, 2.05) is 0 Å². The Morgan fingerprint density at radius 2 is 1.93 bits per heavy atom. The Labute approximate surface area is 172 Å². The number of rotatable bonds is 5. The van der Waals surface area contributed by atoms with E-state index >= 15 is 0 Å². The van der Waals surface area contributed by atoms with Gasteiger partial charge in [0.15, 0.2) is 0 Å². The Bertz CT molecular complexity index is 954. The molecule has 0 unspecified atom stereocenters. The van der Waals surface area contributed by atoms with Crippen molar-refractivity contribution >= 4 is 34.9 Å². The molecule has 9 heteroatoms. The van der Waals surface area contributed by atoms with Gasteiger partial charge in [-0.15, -0.1) is 0 Å². The predicted octanol–water partition coefficient (Wildman–Crippen LogP) is 3.73. The number of carbonyl (C=O) groups is 2. The smallest absolute Gasteiger partial charge is 0.319 e. The molecule has 0 saturated carbocycles. The van der Waals surface area contributed by atoms with E-state index in [2.05, 4.69) is 10.6 Å². The van der Waals surface area contributed by atoms with Crippen molar-refractivity contribution in [1.82, 2.24) is 5.32 Å². The van der Waals surface area contributed by atoms with Crippen molar-refractivity contribution in [2.45, 2.75) is 19.4 Å². The minimum atomic E-state index is -0.694. The summed E-state index contributed by atoms with van der Waals surface area (Å²) < 4.78 is 23.8. The number of amides is 3. The van der Waals surface area contributed by atoms with E-state index in [9.17, 15) is 14.0 Å². The zero-order valence-corrected chi connectivity index (χ0v) is 17.0. The number of benzene rings is 2. The molecule has 1 aliphatic heterocycles. The standard InChI is InChI=1S/C20H21ClFN3O4/c1-11-8-12(4-5-14(11)22)25-7-6-15(19(25)26)23-20(27)24-16-9-13(21)17(28-2)10-18(16)29-3/h4-5,8-10,15H,6-7H2,1-3H3,(H2,23,24,27)/t15-/m0/s1. The molecule has 0 radical (unpaired) electrons. The van der Waals surface area contributed by atoms with Gasteiger partial charge in [-0.2, -0.15) is 0 Å². The summed E-state index contributed by atoms with van der Waals surface area (Å²) >= 11 is 6.11. The SMILES string of the molecule is COc1cc(OC)c(NC(=O)N[C@H]2CCN(c3ccc(F)c(C)c3)C2=O)cc1Cl. The topological polar surface area (TPSA) is 79.9 Å². The van der Waals surface area contributed by atoms with Crippen LogP contribution in [0.4, 0.5) is 20.6 Å². The largest absolute Gasteiger partial charge is 0.495 e. The number of methoxy groups -OCH3 is 2. The van der Waals surface area contributed by atoms with Crippen LogP contribution in [0.2, 0.25) is 5.02 Å². The van der Waals surface area contributed by atoms with Crippen molar-refractivity contribution in [3.8, 4) is 11.5 Å². The first-order valence-electron chi connectivity index (χ1n) is 8.90. The lowest BCUT2D eigenvalue weighted by molar-refractivity contribution is -0.118. The van der Waals surface area contributed by atoms with Gasteiger partial charge >= 0.3 is 6.03 Å². The number of hydrogen-bond donors (Lipinski definition) is 2. The van der Waals surface area contributed by atoms with Gasteiger partial charge in [0.25, 0.3) is 0 Å². The maximum atomic E-state index is 13.5. The molecule has 0 aliphatic carbocycles. The van der Waals surface area contributed by atoms with Gasteiger partial charge in [-0.25, -0.2) is 9.18 Å². The highest BCUT2D eigenvalue weighted by Gasteiger charge is 2.34. The Morgan fingerprint density at radius 1 is 1.21 bits per heavy atom. The summed E-state index contributed by atoms with van der Waals surface area (Å²) in [4.78, 5) is 26.6. The number of nitrogens with one attached hydrogen (secondary N) is 2. The van der Waals surface area contributed by atoms with E-state index in [1.165, 1.54) is 31.3 Å². The lowest BCUT2D eigenvalue weighted by Gasteiger charge is -2.18. The first-order valence-corrected chi connectivity index (χ1v) is 9.28. The van der Waals surface area contributed by atoms with E-state index in [0.717, 1.165) is 0 Å². The average molecular weight is 422 g/mol. The Hall–Kier alpha value is -3.00. The molecule has 7 nitrogen and oxygen atoms in total. The van der Waals surface area contributed by atoms with Crippen molar-refractivity contribution < 1.29 is 23.5 Å². The first kappa shape index (κ1) is 20.7. The highest BCUT2D eigenvalue weighted by molar-refractivity contribution is 6.32. The van der Waals surface area contributed by atoms with Crippen molar-refractivity contribution in [3.63, 3.8) is 0 Å². The van der Waals surface area contributed by atoms with Gasteiger partial charge in [0.05, 0.1) is 24.9 Å². The number of halogens is 2. The minimum absolute atomic E-state index is 0.258. The molecule has 154 valence electrons. The summed E-state index contributed by atoms with van der Waals surface area (Å²) in [6, 6.07) is 6.28. The molecule has 3 rings (SSSR count). The lowest BCUT2D eigenvalue weighted by atomic mass is 10.2. The number of aryl methyl sites for hydroxylation is 1.